The van der Waals surface area contributed by atoms with Crippen molar-refractivity contribution >= 4 is 25.6 Å². The number of rotatable bonds is 4. The molecule has 0 saturated heterocycles. The molecule has 1 aliphatic rings. The Kier molecular flexibility index (Phi) is 3.87. The van der Waals surface area contributed by atoms with E-state index >= 15 is 0 Å². The Balaban J connectivity index is 2.03. The van der Waals surface area contributed by atoms with E-state index in [1.165, 1.54) is 12.1 Å². The highest BCUT2D eigenvalue weighted by Gasteiger charge is 2.39. The Morgan fingerprint density at radius 3 is 2.32 bits per heavy atom. The highest BCUT2D eigenvalue weighted by Crippen LogP contribution is 2.38. The van der Waals surface area contributed by atoms with Crippen molar-refractivity contribution in [2.75, 3.05) is 0 Å². The minimum absolute atomic E-state index is 0.0623. The maximum absolute atomic E-state index is 11.8. The molecule has 4 nitrogen and oxygen atoms in total. The highest BCUT2D eigenvalue weighted by atomic mass is 35.7. The predicted octanol–water partition coefficient (Wildman–Crippen LogP) is 2.45. The van der Waals surface area contributed by atoms with Crippen molar-refractivity contribution in [1.29, 1.82) is 0 Å². The number of benzene rings is 1. The van der Waals surface area contributed by atoms with Gasteiger partial charge >= 0.3 is 0 Å². The second-order valence-corrected chi connectivity index (χ2v) is 7.62. The van der Waals surface area contributed by atoms with E-state index < -0.39 is 9.05 Å². The average Bonchev–Trinajstić information content (AvgIpc) is 3.05. The standard InChI is InChI=1S/C13H16ClNO3S/c1-8-7-12(8)13(16)15-9(2)10-3-5-11(6-4-10)19(14,17)18/h3-6,8-9,12H,7H2,1-2H3,(H,15,16). The Bertz CT molecular complexity index is 582. The molecule has 19 heavy (non-hydrogen) atoms. The molecule has 3 unspecified atom stereocenters. The van der Waals surface area contributed by atoms with Gasteiger partial charge in [-0.3, -0.25) is 4.79 Å². The van der Waals surface area contributed by atoms with E-state index in [1.54, 1.807) is 12.1 Å². The normalized spacial score (nSPS) is 23.7. The van der Waals surface area contributed by atoms with Gasteiger partial charge in [0.25, 0.3) is 9.05 Å². The second kappa shape index (κ2) is 5.13. The van der Waals surface area contributed by atoms with Crippen LogP contribution in [-0.2, 0) is 13.8 Å². The summed E-state index contributed by atoms with van der Waals surface area (Å²) in [5.41, 5.74) is 0.853. The quantitative estimate of drug-likeness (QED) is 0.869. The molecular weight excluding hydrogens is 286 g/mol. The fourth-order valence-electron chi connectivity index (χ4n) is 2.01. The van der Waals surface area contributed by atoms with E-state index in [4.69, 9.17) is 10.7 Å². The Morgan fingerprint density at radius 1 is 1.37 bits per heavy atom. The summed E-state index contributed by atoms with van der Waals surface area (Å²) < 4.78 is 22.2. The molecule has 0 aliphatic heterocycles. The van der Waals surface area contributed by atoms with Gasteiger partial charge in [0.05, 0.1) is 10.9 Å². The zero-order chi connectivity index (χ0) is 14.2. The van der Waals surface area contributed by atoms with Crippen LogP contribution in [0.2, 0.25) is 0 Å². The highest BCUT2D eigenvalue weighted by molar-refractivity contribution is 8.13. The average molecular weight is 302 g/mol. The summed E-state index contributed by atoms with van der Waals surface area (Å²) in [7, 11) is 1.55. The Labute approximate surface area is 117 Å². The summed E-state index contributed by atoms with van der Waals surface area (Å²) in [6.07, 6.45) is 0.946. The smallest absolute Gasteiger partial charge is 0.261 e. The van der Waals surface area contributed by atoms with Gasteiger partial charge in [-0.05, 0) is 37.0 Å². The summed E-state index contributed by atoms with van der Waals surface area (Å²) >= 11 is 0. The molecule has 0 heterocycles. The van der Waals surface area contributed by atoms with E-state index in [0.717, 1.165) is 12.0 Å². The van der Waals surface area contributed by atoms with Crippen molar-refractivity contribution < 1.29 is 13.2 Å². The Hall–Kier alpha value is -1.07. The van der Waals surface area contributed by atoms with Crippen molar-refractivity contribution in [3.05, 3.63) is 29.8 Å². The molecule has 1 fully saturated rings. The maximum Gasteiger partial charge on any atom is 0.261 e. The predicted molar refractivity (Wildman–Crippen MR) is 73.3 cm³/mol. The third-order valence-electron chi connectivity index (χ3n) is 3.47. The van der Waals surface area contributed by atoms with Crippen LogP contribution in [0.3, 0.4) is 0 Å². The summed E-state index contributed by atoms with van der Waals surface area (Å²) in [5.74, 6) is 0.662. The first kappa shape index (κ1) is 14.3. The van der Waals surface area contributed by atoms with Gasteiger partial charge in [-0.1, -0.05) is 19.1 Å². The molecule has 1 saturated carbocycles. The van der Waals surface area contributed by atoms with Crippen LogP contribution in [0.5, 0.6) is 0 Å². The van der Waals surface area contributed by atoms with Crippen molar-refractivity contribution in [3.8, 4) is 0 Å². The summed E-state index contributed by atoms with van der Waals surface area (Å²) in [4.78, 5) is 11.9. The van der Waals surface area contributed by atoms with Gasteiger partial charge in [0, 0.05) is 16.6 Å². The van der Waals surface area contributed by atoms with Gasteiger partial charge in [-0.25, -0.2) is 8.42 Å². The number of halogens is 1. The lowest BCUT2D eigenvalue weighted by molar-refractivity contribution is -0.123. The Morgan fingerprint density at radius 2 is 1.89 bits per heavy atom. The molecule has 3 atom stereocenters. The molecule has 0 aromatic heterocycles. The molecule has 6 heteroatoms. The van der Waals surface area contributed by atoms with Crippen LogP contribution >= 0.6 is 10.7 Å². The van der Waals surface area contributed by atoms with Gasteiger partial charge < -0.3 is 5.32 Å². The van der Waals surface area contributed by atoms with Crippen molar-refractivity contribution in [2.24, 2.45) is 11.8 Å². The zero-order valence-electron chi connectivity index (χ0n) is 10.8. The molecule has 0 radical (unpaired) electrons. The lowest BCUT2D eigenvalue weighted by Gasteiger charge is -2.14. The molecule has 1 aromatic carbocycles. The third-order valence-corrected chi connectivity index (χ3v) is 4.84. The van der Waals surface area contributed by atoms with Crippen LogP contribution < -0.4 is 5.32 Å². The molecule has 2 rings (SSSR count). The maximum atomic E-state index is 11.8. The topological polar surface area (TPSA) is 63.2 Å². The number of carbonyl (C=O) groups is 1. The molecule has 1 N–H and O–H groups in total. The molecule has 1 aliphatic carbocycles. The van der Waals surface area contributed by atoms with Crippen LogP contribution in [0.25, 0.3) is 0 Å². The monoisotopic (exact) mass is 301 g/mol. The third kappa shape index (κ3) is 3.48. The minimum atomic E-state index is -3.69. The molecule has 104 valence electrons. The number of amides is 1. The summed E-state index contributed by atoms with van der Waals surface area (Å²) in [6.45, 7) is 3.92. The summed E-state index contributed by atoms with van der Waals surface area (Å²) in [5, 5.41) is 2.93. The molecule has 0 bridgehead atoms. The number of nitrogens with one attached hydrogen (secondary N) is 1. The van der Waals surface area contributed by atoms with Crippen molar-refractivity contribution in [2.45, 2.75) is 31.2 Å². The fraction of sp³-hybridized carbons (Fsp3) is 0.462. The van der Waals surface area contributed by atoms with E-state index in [9.17, 15) is 13.2 Å². The van der Waals surface area contributed by atoms with E-state index in [1.807, 2.05) is 6.92 Å². The van der Waals surface area contributed by atoms with Gasteiger partial charge in [0.2, 0.25) is 5.91 Å². The van der Waals surface area contributed by atoms with E-state index in [-0.39, 0.29) is 22.8 Å². The molecule has 1 aromatic rings. The van der Waals surface area contributed by atoms with Gasteiger partial charge in [0.1, 0.15) is 0 Å². The summed E-state index contributed by atoms with van der Waals surface area (Å²) in [6, 6.07) is 6.07. The SMILES string of the molecule is CC(NC(=O)C1CC1C)c1ccc(S(=O)(=O)Cl)cc1. The largest absolute Gasteiger partial charge is 0.349 e. The van der Waals surface area contributed by atoms with Gasteiger partial charge in [0.15, 0.2) is 0 Å². The molecule has 0 spiro atoms. The van der Waals surface area contributed by atoms with Crippen LogP contribution in [0.1, 0.15) is 31.9 Å². The van der Waals surface area contributed by atoms with Crippen molar-refractivity contribution in [1.82, 2.24) is 5.32 Å². The van der Waals surface area contributed by atoms with Crippen LogP contribution in [-0.4, -0.2) is 14.3 Å². The number of carbonyl (C=O) groups excluding carboxylic acids is 1. The fourth-order valence-corrected chi connectivity index (χ4v) is 2.78. The zero-order valence-corrected chi connectivity index (χ0v) is 12.3. The molecule has 1 amide bonds. The number of hydrogen-bond acceptors (Lipinski definition) is 3. The van der Waals surface area contributed by atoms with Crippen LogP contribution in [0.15, 0.2) is 29.2 Å². The minimum Gasteiger partial charge on any atom is -0.349 e. The first-order chi connectivity index (χ1) is 8.79. The number of hydrogen-bond donors (Lipinski definition) is 1. The second-order valence-electron chi connectivity index (χ2n) is 5.06. The van der Waals surface area contributed by atoms with E-state index in [2.05, 4.69) is 12.2 Å². The van der Waals surface area contributed by atoms with Crippen LogP contribution in [0.4, 0.5) is 0 Å². The lowest BCUT2D eigenvalue weighted by Crippen LogP contribution is -2.28. The first-order valence-electron chi connectivity index (χ1n) is 6.14. The van der Waals surface area contributed by atoms with Crippen LogP contribution in [0, 0.1) is 11.8 Å². The lowest BCUT2D eigenvalue weighted by atomic mass is 10.1. The van der Waals surface area contributed by atoms with Gasteiger partial charge in [-0.2, -0.15) is 0 Å². The first-order valence-corrected chi connectivity index (χ1v) is 8.45. The van der Waals surface area contributed by atoms with Crippen molar-refractivity contribution in [3.63, 3.8) is 0 Å². The van der Waals surface area contributed by atoms with E-state index in [0.29, 0.717) is 5.92 Å². The van der Waals surface area contributed by atoms with Gasteiger partial charge in [-0.15, -0.1) is 0 Å². The molecular formula is C13H16ClNO3S.